The average molecular weight is 311 g/mol. The normalized spacial score (nSPS) is 14.3. The lowest BCUT2D eigenvalue weighted by atomic mass is 9.77. The summed E-state index contributed by atoms with van der Waals surface area (Å²) in [5.41, 5.74) is -0.416. The van der Waals surface area contributed by atoms with Gasteiger partial charge in [-0.2, -0.15) is 0 Å². The molecule has 2 N–H and O–H groups in total. The van der Waals surface area contributed by atoms with Crippen LogP contribution in [0.15, 0.2) is 24.3 Å². The molecule has 1 aromatic carbocycles. The van der Waals surface area contributed by atoms with Gasteiger partial charge in [-0.25, -0.2) is 9.18 Å². The second-order valence-electron chi connectivity index (χ2n) is 6.55. The number of ether oxygens (including phenoxy) is 1. The van der Waals surface area contributed by atoms with Crippen molar-refractivity contribution in [2.45, 2.75) is 51.6 Å². The molecule has 124 valence electrons. The molecule has 0 spiro atoms. The predicted molar refractivity (Wildman–Crippen MR) is 84.3 cm³/mol. The molecule has 5 heteroatoms. The minimum absolute atomic E-state index is 0.137. The molecular formula is C17H26FNO3. The monoisotopic (exact) mass is 311 g/mol. The van der Waals surface area contributed by atoms with Crippen molar-refractivity contribution < 1.29 is 19.0 Å². The summed E-state index contributed by atoms with van der Waals surface area (Å²) in [4.78, 5) is 11.8. The molecule has 1 unspecified atom stereocenters. The molecule has 0 aromatic heterocycles. The van der Waals surface area contributed by atoms with Gasteiger partial charge in [0.05, 0.1) is 6.61 Å². The van der Waals surface area contributed by atoms with Gasteiger partial charge in [-0.15, -0.1) is 0 Å². The summed E-state index contributed by atoms with van der Waals surface area (Å²) in [6, 6.07) is 6.03. The van der Waals surface area contributed by atoms with Crippen LogP contribution < -0.4 is 5.32 Å². The van der Waals surface area contributed by atoms with Gasteiger partial charge in [0.15, 0.2) is 0 Å². The largest absolute Gasteiger partial charge is 0.444 e. The highest BCUT2D eigenvalue weighted by Crippen LogP contribution is 2.29. The highest BCUT2D eigenvalue weighted by Gasteiger charge is 2.32. The summed E-state index contributed by atoms with van der Waals surface area (Å²) in [5, 5.41) is 12.6. The van der Waals surface area contributed by atoms with Crippen LogP contribution in [-0.4, -0.2) is 30.0 Å². The summed E-state index contributed by atoms with van der Waals surface area (Å²) in [6.07, 6.45) is 0.974. The topological polar surface area (TPSA) is 58.6 Å². The molecule has 0 saturated heterocycles. The molecule has 1 atom stereocenters. The Hall–Kier alpha value is -1.62. The van der Waals surface area contributed by atoms with E-state index >= 15 is 0 Å². The first-order chi connectivity index (χ1) is 10.2. The number of carbonyl (C=O) groups excluding carboxylic acids is 1. The Morgan fingerprint density at radius 2 is 1.86 bits per heavy atom. The molecule has 0 aliphatic heterocycles. The van der Waals surface area contributed by atoms with E-state index in [1.165, 1.54) is 12.1 Å². The Balaban J connectivity index is 2.88. The number of rotatable bonds is 6. The van der Waals surface area contributed by atoms with Gasteiger partial charge in [0.2, 0.25) is 0 Å². The van der Waals surface area contributed by atoms with E-state index < -0.39 is 17.1 Å². The molecule has 0 bridgehead atoms. The molecule has 0 saturated carbocycles. The van der Waals surface area contributed by atoms with Crippen molar-refractivity contribution in [3.8, 4) is 0 Å². The number of halogens is 1. The van der Waals surface area contributed by atoms with Gasteiger partial charge in [0, 0.05) is 12.0 Å². The second-order valence-corrected chi connectivity index (χ2v) is 6.55. The van der Waals surface area contributed by atoms with Gasteiger partial charge in [-0.05, 0) is 44.9 Å². The van der Waals surface area contributed by atoms with Gasteiger partial charge in [-0.1, -0.05) is 25.5 Å². The first kappa shape index (κ1) is 18.4. The number of alkyl carbamates (subject to hydrolysis) is 1. The van der Waals surface area contributed by atoms with Crippen LogP contribution in [0.4, 0.5) is 9.18 Å². The Morgan fingerprint density at radius 3 is 2.32 bits per heavy atom. The third-order valence-electron chi connectivity index (χ3n) is 3.46. The third-order valence-corrected chi connectivity index (χ3v) is 3.46. The SMILES string of the molecule is CCCC(CO)(CNC(=O)OC(C)(C)C)c1ccc(F)cc1. The van der Waals surface area contributed by atoms with E-state index in [-0.39, 0.29) is 19.0 Å². The zero-order valence-electron chi connectivity index (χ0n) is 13.8. The van der Waals surface area contributed by atoms with Gasteiger partial charge in [0.25, 0.3) is 0 Å². The molecule has 1 aromatic rings. The van der Waals surface area contributed by atoms with Crippen LogP contribution >= 0.6 is 0 Å². The molecule has 4 nitrogen and oxygen atoms in total. The maximum atomic E-state index is 13.1. The van der Waals surface area contributed by atoms with Crippen molar-refractivity contribution in [1.29, 1.82) is 0 Å². The van der Waals surface area contributed by atoms with E-state index in [0.717, 1.165) is 12.0 Å². The number of nitrogens with one attached hydrogen (secondary N) is 1. The Kier molecular flexibility index (Phi) is 6.35. The van der Waals surface area contributed by atoms with E-state index in [2.05, 4.69) is 5.32 Å². The molecule has 22 heavy (non-hydrogen) atoms. The van der Waals surface area contributed by atoms with E-state index in [1.807, 2.05) is 6.92 Å². The lowest BCUT2D eigenvalue weighted by molar-refractivity contribution is 0.0500. The lowest BCUT2D eigenvalue weighted by Crippen LogP contribution is -2.45. The summed E-state index contributed by atoms with van der Waals surface area (Å²) in [5.74, 6) is -0.327. The van der Waals surface area contributed by atoms with E-state index in [1.54, 1.807) is 32.9 Å². The van der Waals surface area contributed by atoms with Crippen molar-refractivity contribution in [1.82, 2.24) is 5.32 Å². The predicted octanol–water partition coefficient (Wildman–Crippen LogP) is 3.38. The maximum absolute atomic E-state index is 13.1. The van der Waals surface area contributed by atoms with Crippen molar-refractivity contribution in [3.05, 3.63) is 35.6 Å². The van der Waals surface area contributed by atoms with Gasteiger partial charge >= 0.3 is 6.09 Å². The Morgan fingerprint density at radius 1 is 1.27 bits per heavy atom. The van der Waals surface area contributed by atoms with Crippen LogP contribution in [0.25, 0.3) is 0 Å². The van der Waals surface area contributed by atoms with Gasteiger partial charge in [0.1, 0.15) is 11.4 Å². The van der Waals surface area contributed by atoms with Crippen LogP contribution in [0.1, 0.15) is 46.1 Å². The van der Waals surface area contributed by atoms with Crippen molar-refractivity contribution >= 4 is 6.09 Å². The van der Waals surface area contributed by atoms with E-state index in [0.29, 0.717) is 6.42 Å². The zero-order chi connectivity index (χ0) is 16.8. The fourth-order valence-corrected chi connectivity index (χ4v) is 2.40. The molecular weight excluding hydrogens is 285 g/mol. The second kappa shape index (κ2) is 7.58. The van der Waals surface area contributed by atoms with Crippen LogP contribution in [0.3, 0.4) is 0 Å². The van der Waals surface area contributed by atoms with Crippen molar-refractivity contribution in [2.75, 3.05) is 13.2 Å². The summed E-state index contributed by atoms with van der Waals surface area (Å²) >= 11 is 0. The van der Waals surface area contributed by atoms with Gasteiger partial charge in [-0.3, -0.25) is 0 Å². The minimum Gasteiger partial charge on any atom is -0.444 e. The zero-order valence-corrected chi connectivity index (χ0v) is 13.8. The highest BCUT2D eigenvalue weighted by molar-refractivity contribution is 5.67. The van der Waals surface area contributed by atoms with E-state index in [9.17, 15) is 14.3 Å². The van der Waals surface area contributed by atoms with Crippen LogP contribution in [0.2, 0.25) is 0 Å². The van der Waals surface area contributed by atoms with E-state index in [4.69, 9.17) is 4.74 Å². The number of aliphatic hydroxyl groups excluding tert-OH is 1. The first-order valence-corrected chi connectivity index (χ1v) is 7.56. The molecule has 0 radical (unpaired) electrons. The number of benzene rings is 1. The fourth-order valence-electron chi connectivity index (χ4n) is 2.40. The van der Waals surface area contributed by atoms with Crippen LogP contribution in [0.5, 0.6) is 0 Å². The van der Waals surface area contributed by atoms with Crippen LogP contribution in [-0.2, 0) is 10.2 Å². The summed E-state index contributed by atoms with van der Waals surface area (Å²) in [7, 11) is 0. The first-order valence-electron chi connectivity index (χ1n) is 7.56. The van der Waals surface area contributed by atoms with Crippen LogP contribution in [0, 0.1) is 5.82 Å². The molecule has 0 aliphatic rings. The number of amides is 1. The maximum Gasteiger partial charge on any atom is 0.407 e. The minimum atomic E-state index is -0.640. The van der Waals surface area contributed by atoms with Crippen molar-refractivity contribution in [3.63, 3.8) is 0 Å². The molecule has 1 amide bonds. The number of hydrogen-bond acceptors (Lipinski definition) is 3. The number of carbonyl (C=O) groups is 1. The lowest BCUT2D eigenvalue weighted by Gasteiger charge is -2.33. The highest BCUT2D eigenvalue weighted by atomic mass is 19.1. The standard InChI is InChI=1S/C17H26FNO3/c1-5-10-17(12-20,13-6-8-14(18)9-7-13)11-19-15(21)22-16(2,3)4/h6-9,20H,5,10-12H2,1-4H3,(H,19,21). The molecule has 1 rings (SSSR count). The van der Waals surface area contributed by atoms with Gasteiger partial charge < -0.3 is 15.2 Å². The smallest absolute Gasteiger partial charge is 0.407 e. The quantitative estimate of drug-likeness (QED) is 0.846. The molecule has 0 aliphatic carbocycles. The summed E-state index contributed by atoms with van der Waals surface area (Å²) in [6.45, 7) is 7.47. The molecule has 0 fully saturated rings. The third kappa shape index (κ3) is 5.30. The number of aliphatic hydroxyl groups is 1. The van der Waals surface area contributed by atoms with Crippen molar-refractivity contribution in [2.24, 2.45) is 0 Å². The fraction of sp³-hybridized carbons (Fsp3) is 0.588. The number of hydrogen-bond donors (Lipinski definition) is 2. The summed E-state index contributed by atoms with van der Waals surface area (Å²) < 4.78 is 18.3. The Labute approximate surface area is 131 Å². The average Bonchev–Trinajstić information content (AvgIpc) is 2.43. The Bertz CT molecular complexity index is 482. The molecule has 0 heterocycles.